The Morgan fingerprint density at radius 3 is 2.50 bits per heavy atom. The minimum atomic E-state index is -0.281. The molecule has 0 saturated heterocycles. The number of carbonyl (C=O) groups is 1. The zero-order chi connectivity index (χ0) is 25.3. The molecule has 0 spiro atoms. The smallest absolute Gasteiger partial charge is 0.313 e. The van der Waals surface area contributed by atoms with Crippen molar-refractivity contribution >= 4 is 33.3 Å². The van der Waals surface area contributed by atoms with Crippen LogP contribution in [-0.2, 0) is 15.9 Å². The van der Waals surface area contributed by atoms with Crippen molar-refractivity contribution in [2.24, 2.45) is 0 Å². The molecule has 0 bridgehead atoms. The molecule has 12 heteroatoms. The zero-order valence-electron chi connectivity index (χ0n) is 20.0. The molecule has 0 saturated carbocycles. The Balaban J connectivity index is 1.67. The topological polar surface area (TPSA) is 135 Å². The molecule has 0 aliphatic heterocycles. The highest BCUT2D eigenvalue weighted by Gasteiger charge is 2.23. The minimum absolute atomic E-state index is 0.227. The fourth-order valence-electron chi connectivity index (χ4n) is 3.55. The molecule has 4 heterocycles. The Morgan fingerprint density at radius 1 is 1.08 bits per heavy atom. The largest absolute Gasteiger partial charge is 0.479 e. The highest BCUT2D eigenvalue weighted by Crippen LogP contribution is 2.34. The van der Waals surface area contributed by atoms with Crippen molar-refractivity contribution in [2.75, 3.05) is 52.0 Å². The molecule has 0 unspecified atom stereocenters. The lowest BCUT2D eigenvalue weighted by atomic mass is 10.2. The molecular formula is C24H27N7O4S. The van der Waals surface area contributed by atoms with Gasteiger partial charge in [0.1, 0.15) is 16.3 Å². The van der Waals surface area contributed by atoms with E-state index in [-0.39, 0.29) is 11.9 Å². The van der Waals surface area contributed by atoms with Gasteiger partial charge in [-0.05, 0) is 24.1 Å². The number of amides is 1. The van der Waals surface area contributed by atoms with E-state index in [9.17, 15) is 9.90 Å². The van der Waals surface area contributed by atoms with Gasteiger partial charge in [-0.3, -0.25) is 9.78 Å². The van der Waals surface area contributed by atoms with Crippen LogP contribution < -0.4 is 10.2 Å². The molecule has 11 nitrogen and oxygen atoms in total. The maximum atomic E-state index is 13.2. The highest BCUT2D eigenvalue weighted by molar-refractivity contribution is 7.17. The Hall–Kier alpha value is -3.74. The SMILES string of the molecule is COCCN(CCOC)c1nc(-c2ccccn2)nc2scc(C(=O)NCCc3cnc(O)nc3)c12. The van der Waals surface area contributed by atoms with Gasteiger partial charge in [-0.15, -0.1) is 11.3 Å². The Kier molecular flexibility index (Phi) is 8.66. The van der Waals surface area contributed by atoms with Gasteiger partial charge in [0.15, 0.2) is 5.82 Å². The Labute approximate surface area is 212 Å². The average molecular weight is 510 g/mol. The third-order valence-corrected chi connectivity index (χ3v) is 6.25. The van der Waals surface area contributed by atoms with Crippen LogP contribution in [0.2, 0.25) is 0 Å². The third kappa shape index (κ3) is 6.08. The highest BCUT2D eigenvalue weighted by atomic mass is 32.1. The molecule has 0 aliphatic rings. The van der Waals surface area contributed by atoms with Crippen molar-refractivity contribution in [1.29, 1.82) is 0 Å². The summed E-state index contributed by atoms with van der Waals surface area (Å²) in [5, 5.41) is 14.7. The summed E-state index contributed by atoms with van der Waals surface area (Å²) in [4.78, 5) is 37.5. The van der Waals surface area contributed by atoms with E-state index in [1.54, 1.807) is 25.8 Å². The number of aromatic nitrogens is 5. The molecule has 4 aromatic heterocycles. The molecule has 2 N–H and O–H groups in total. The van der Waals surface area contributed by atoms with Gasteiger partial charge in [-0.2, -0.15) is 0 Å². The van der Waals surface area contributed by atoms with Gasteiger partial charge in [-0.25, -0.2) is 19.9 Å². The number of hydrogen-bond donors (Lipinski definition) is 2. The number of rotatable bonds is 12. The lowest BCUT2D eigenvalue weighted by Crippen LogP contribution is -2.32. The van der Waals surface area contributed by atoms with Crippen LogP contribution in [0.4, 0.5) is 5.82 Å². The molecule has 0 radical (unpaired) electrons. The fraction of sp³-hybridized carbons (Fsp3) is 0.333. The van der Waals surface area contributed by atoms with E-state index >= 15 is 0 Å². The second-order valence-electron chi connectivity index (χ2n) is 7.79. The number of aromatic hydroxyl groups is 1. The van der Waals surface area contributed by atoms with Crippen LogP contribution in [-0.4, -0.2) is 83.0 Å². The van der Waals surface area contributed by atoms with Crippen LogP contribution in [0.15, 0.2) is 42.2 Å². The number of anilines is 1. The average Bonchev–Trinajstić information content (AvgIpc) is 3.34. The van der Waals surface area contributed by atoms with Gasteiger partial charge in [0.2, 0.25) is 0 Å². The van der Waals surface area contributed by atoms with Gasteiger partial charge in [0.25, 0.3) is 5.91 Å². The van der Waals surface area contributed by atoms with Crippen molar-refractivity contribution in [2.45, 2.75) is 6.42 Å². The van der Waals surface area contributed by atoms with E-state index in [0.717, 1.165) is 5.56 Å². The van der Waals surface area contributed by atoms with E-state index < -0.39 is 0 Å². The number of fused-ring (bicyclic) bond motifs is 1. The van der Waals surface area contributed by atoms with Crippen LogP contribution in [0.1, 0.15) is 15.9 Å². The monoisotopic (exact) mass is 509 g/mol. The van der Waals surface area contributed by atoms with E-state index in [0.29, 0.717) is 72.4 Å². The summed E-state index contributed by atoms with van der Waals surface area (Å²) in [7, 11) is 3.29. The second kappa shape index (κ2) is 12.3. The van der Waals surface area contributed by atoms with E-state index in [4.69, 9.17) is 19.4 Å². The van der Waals surface area contributed by atoms with Crippen LogP contribution in [0, 0.1) is 0 Å². The summed E-state index contributed by atoms with van der Waals surface area (Å²) in [6.07, 6.45) is 5.28. The molecule has 0 fully saturated rings. The minimum Gasteiger partial charge on any atom is -0.479 e. The number of carbonyl (C=O) groups excluding carboxylic acids is 1. The van der Waals surface area contributed by atoms with Gasteiger partial charge in [0.05, 0.1) is 24.2 Å². The molecule has 4 rings (SSSR count). The van der Waals surface area contributed by atoms with Crippen LogP contribution in [0.25, 0.3) is 21.7 Å². The summed E-state index contributed by atoms with van der Waals surface area (Å²) in [5.41, 5.74) is 1.95. The van der Waals surface area contributed by atoms with E-state index in [1.807, 2.05) is 23.1 Å². The summed E-state index contributed by atoms with van der Waals surface area (Å²) in [6.45, 7) is 2.46. The fourth-order valence-corrected chi connectivity index (χ4v) is 4.46. The molecule has 36 heavy (non-hydrogen) atoms. The van der Waals surface area contributed by atoms with Gasteiger partial charge >= 0.3 is 6.01 Å². The first-order valence-corrected chi connectivity index (χ1v) is 12.2. The zero-order valence-corrected chi connectivity index (χ0v) is 20.9. The number of hydrogen-bond acceptors (Lipinski definition) is 11. The lowest BCUT2D eigenvalue weighted by molar-refractivity contribution is 0.0956. The standard InChI is InChI=1S/C24H27N7O4S/c1-34-11-9-31(10-12-35-2)21-19-17(22(32)26-8-6-16-13-27-24(33)28-14-16)15-36-23(19)30-20(29-21)18-5-3-4-7-25-18/h3-5,7,13-15H,6,8-12H2,1-2H3,(H,26,32)(H,27,28,33). The van der Waals surface area contributed by atoms with Gasteiger partial charge < -0.3 is 24.8 Å². The number of methoxy groups -OCH3 is 2. The van der Waals surface area contributed by atoms with Crippen LogP contribution in [0.3, 0.4) is 0 Å². The number of nitrogens with zero attached hydrogens (tertiary/aromatic N) is 6. The predicted octanol–water partition coefficient (Wildman–Crippen LogP) is 2.32. The summed E-state index contributed by atoms with van der Waals surface area (Å²) in [6, 6.07) is 5.30. The quantitative estimate of drug-likeness (QED) is 0.293. The van der Waals surface area contributed by atoms with Crippen molar-refractivity contribution in [3.63, 3.8) is 0 Å². The third-order valence-electron chi connectivity index (χ3n) is 5.37. The van der Waals surface area contributed by atoms with Crippen molar-refractivity contribution in [3.05, 3.63) is 53.3 Å². The van der Waals surface area contributed by atoms with Crippen molar-refractivity contribution in [1.82, 2.24) is 30.2 Å². The number of nitrogens with one attached hydrogen (secondary N) is 1. The lowest BCUT2D eigenvalue weighted by Gasteiger charge is -2.24. The molecule has 188 valence electrons. The number of ether oxygens (including phenoxy) is 2. The molecule has 0 aromatic carbocycles. The Morgan fingerprint density at radius 2 is 1.83 bits per heavy atom. The molecule has 0 atom stereocenters. The molecule has 0 aliphatic carbocycles. The number of pyridine rings is 1. The molecule has 4 aromatic rings. The summed E-state index contributed by atoms with van der Waals surface area (Å²) < 4.78 is 10.6. The number of thiophene rings is 1. The van der Waals surface area contributed by atoms with Crippen molar-refractivity contribution < 1.29 is 19.4 Å². The van der Waals surface area contributed by atoms with E-state index in [2.05, 4.69) is 20.3 Å². The van der Waals surface area contributed by atoms with Gasteiger partial charge in [0, 0.05) is 57.8 Å². The summed E-state index contributed by atoms with van der Waals surface area (Å²) in [5.74, 6) is 0.891. The van der Waals surface area contributed by atoms with E-state index in [1.165, 1.54) is 23.7 Å². The predicted molar refractivity (Wildman–Crippen MR) is 136 cm³/mol. The Bertz CT molecular complexity index is 1280. The maximum absolute atomic E-state index is 13.2. The summed E-state index contributed by atoms with van der Waals surface area (Å²) >= 11 is 1.39. The van der Waals surface area contributed by atoms with Crippen LogP contribution >= 0.6 is 11.3 Å². The molecular weight excluding hydrogens is 482 g/mol. The maximum Gasteiger partial charge on any atom is 0.313 e. The first-order valence-electron chi connectivity index (χ1n) is 11.3. The normalized spacial score (nSPS) is 11.1. The van der Waals surface area contributed by atoms with Gasteiger partial charge in [-0.1, -0.05) is 6.07 Å². The van der Waals surface area contributed by atoms with Crippen LogP contribution in [0.5, 0.6) is 6.01 Å². The van der Waals surface area contributed by atoms with Crippen molar-refractivity contribution in [3.8, 4) is 17.5 Å². The second-order valence-corrected chi connectivity index (χ2v) is 8.64. The first-order chi connectivity index (χ1) is 17.6. The first kappa shape index (κ1) is 25.4. The molecule has 1 amide bonds.